The fourth-order valence-corrected chi connectivity index (χ4v) is 3.07. The summed E-state index contributed by atoms with van der Waals surface area (Å²) in [5.41, 5.74) is 7.31. The van der Waals surface area contributed by atoms with E-state index in [1.165, 1.54) is 5.56 Å². The van der Waals surface area contributed by atoms with Crippen molar-refractivity contribution in [1.82, 2.24) is 4.90 Å². The van der Waals surface area contributed by atoms with Gasteiger partial charge in [0.25, 0.3) is 0 Å². The Kier molecular flexibility index (Phi) is 6.34. The van der Waals surface area contributed by atoms with Crippen molar-refractivity contribution in [1.29, 1.82) is 0 Å². The Hall–Kier alpha value is -0.220. The molecule has 0 radical (unpaired) electrons. The van der Waals surface area contributed by atoms with Gasteiger partial charge in [-0.2, -0.15) is 11.8 Å². The van der Waals surface area contributed by atoms with Crippen molar-refractivity contribution in [3.05, 3.63) is 34.9 Å². The summed E-state index contributed by atoms with van der Waals surface area (Å²) in [6, 6.07) is 8.14. The summed E-state index contributed by atoms with van der Waals surface area (Å²) >= 11 is 7.80. The number of nitrogens with two attached hydrogens (primary N) is 1. The first-order valence-corrected chi connectivity index (χ1v) is 7.20. The van der Waals surface area contributed by atoms with E-state index in [1.54, 1.807) is 0 Å². The monoisotopic (exact) mass is 272 g/mol. The molecule has 0 fully saturated rings. The van der Waals surface area contributed by atoms with Crippen LogP contribution in [0.1, 0.15) is 17.7 Å². The van der Waals surface area contributed by atoms with Gasteiger partial charge in [-0.15, -0.1) is 0 Å². The zero-order chi connectivity index (χ0) is 12.8. The smallest absolute Gasteiger partial charge is 0.0446 e. The van der Waals surface area contributed by atoms with Crippen LogP contribution in [0, 0.1) is 0 Å². The topological polar surface area (TPSA) is 29.3 Å². The molecule has 0 bridgehead atoms. The van der Waals surface area contributed by atoms with Crippen LogP contribution in [0.3, 0.4) is 0 Å². The van der Waals surface area contributed by atoms with E-state index in [-0.39, 0.29) is 6.04 Å². The molecule has 1 aromatic carbocycles. The first kappa shape index (κ1) is 14.8. The molecule has 2 nitrogen and oxygen atoms in total. The van der Waals surface area contributed by atoms with Gasteiger partial charge in [0.2, 0.25) is 0 Å². The van der Waals surface area contributed by atoms with E-state index in [0.717, 1.165) is 17.3 Å². The van der Waals surface area contributed by atoms with Gasteiger partial charge in [-0.25, -0.2) is 0 Å². The maximum Gasteiger partial charge on any atom is 0.0446 e. The largest absolute Gasteiger partial charge is 0.327 e. The molecule has 0 spiro atoms. The van der Waals surface area contributed by atoms with E-state index in [0.29, 0.717) is 5.25 Å². The van der Waals surface area contributed by atoms with Crippen LogP contribution in [0.5, 0.6) is 0 Å². The van der Waals surface area contributed by atoms with Crippen molar-refractivity contribution >= 4 is 23.4 Å². The molecule has 0 saturated carbocycles. The minimum absolute atomic E-state index is 0.142. The quantitative estimate of drug-likeness (QED) is 0.863. The second-order valence-electron chi connectivity index (χ2n) is 4.51. The van der Waals surface area contributed by atoms with Crippen molar-refractivity contribution in [2.75, 3.05) is 26.4 Å². The van der Waals surface area contributed by atoms with Gasteiger partial charge in [0, 0.05) is 28.6 Å². The number of rotatable bonds is 6. The predicted octanol–water partition coefficient (Wildman–Crippen LogP) is 3.02. The van der Waals surface area contributed by atoms with Crippen molar-refractivity contribution in [3.8, 4) is 0 Å². The molecule has 2 atom stereocenters. The van der Waals surface area contributed by atoms with Crippen molar-refractivity contribution in [2.24, 2.45) is 5.73 Å². The van der Waals surface area contributed by atoms with Crippen LogP contribution in [-0.4, -0.2) is 37.3 Å². The lowest BCUT2D eigenvalue weighted by molar-refractivity contribution is 0.437. The average molecular weight is 273 g/mol. The summed E-state index contributed by atoms with van der Waals surface area (Å²) in [5.74, 6) is 1.09. The van der Waals surface area contributed by atoms with Crippen molar-refractivity contribution < 1.29 is 0 Å². The molecule has 1 rings (SSSR count). The Morgan fingerprint density at radius 1 is 1.29 bits per heavy atom. The second kappa shape index (κ2) is 7.27. The number of hydrogen-bond donors (Lipinski definition) is 1. The highest BCUT2D eigenvalue weighted by molar-refractivity contribution is 7.99. The van der Waals surface area contributed by atoms with E-state index in [1.807, 2.05) is 23.9 Å². The van der Waals surface area contributed by atoms with Gasteiger partial charge in [0.15, 0.2) is 0 Å². The van der Waals surface area contributed by atoms with E-state index >= 15 is 0 Å². The first-order valence-electron chi connectivity index (χ1n) is 5.78. The Morgan fingerprint density at radius 3 is 2.35 bits per heavy atom. The minimum atomic E-state index is 0.142. The Balaban J connectivity index is 2.62. The third-order valence-electron chi connectivity index (χ3n) is 2.51. The van der Waals surface area contributed by atoms with E-state index in [9.17, 15) is 0 Å². The van der Waals surface area contributed by atoms with Gasteiger partial charge in [0.05, 0.1) is 0 Å². The van der Waals surface area contributed by atoms with Crippen LogP contribution in [0.2, 0.25) is 5.02 Å². The van der Waals surface area contributed by atoms with Gasteiger partial charge >= 0.3 is 0 Å². The third-order valence-corrected chi connectivity index (χ3v) is 4.24. The molecular weight excluding hydrogens is 252 g/mol. The zero-order valence-electron chi connectivity index (χ0n) is 10.7. The van der Waals surface area contributed by atoms with Gasteiger partial charge < -0.3 is 10.6 Å². The summed E-state index contributed by atoms with van der Waals surface area (Å²) in [6.07, 6.45) is 0. The highest BCUT2D eigenvalue weighted by Gasteiger charge is 2.16. The molecular formula is C13H21ClN2S. The summed E-state index contributed by atoms with van der Waals surface area (Å²) in [6.45, 7) is 3.13. The molecule has 4 heteroatoms. The van der Waals surface area contributed by atoms with Crippen LogP contribution in [0.4, 0.5) is 0 Å². The Bertz CT molecular complexity index is 325. The van der Waals surface area contributed by atoms with E-state index in [2.05, 4.69) is 38.1 Å². The number of halogens is 1. The van der Waals surface area contributed by atoms with Gasteiger partial charge in [-0.1, -0.05) is 23.7 Å². The molecule has 2 N–H and O–H groups in total. The van der Waals surface area contributed by atoms with Crippen LogP contribution in [0.25, 0.3) is 0 Å². The number of nitrogens with zero attached hydrogens (tertiary/aromatic N) is 1. The molecule has 0 amide bonds. The highest BCUT2D eigenvalue weighted by atomic mass is 35.5. The minimum Gasteiger partial charge on any atom is -0.327 e. The average Bonchev–Trinajstić information content (AvgIpc) is 2.25. The Labute approximate surface area is 114 Å². The van der Waals surface area contributed by atoms with Gasteiger partial charge in [-0.3, -0.25) is 0 Å². The van der Waals surface area contributed by atoms with Gasteiger partial charge in [0.1, 0.15) is 0 Å². The fraction of sp³-hybridized carbons (Fsp3) is 0.538. The fourth-order valence-electron chi connectivity index (χ4n) is 1.57. The van der Waals surface area contributed by atoms with Crippen LogP contribution >= 0.6 is 23.4 Å². The maximum atomic E-state index is 6.06. The van der Waals surface area contributed by atoms with Crippen LogP contribution in [0.15, 0.2) is 24.3 Å². The zero-order valence-corrected chi connectivity index (χ0v) is 12.3. The summed E-state index contributed by atoms with van der Waals surface area (Å²) < 4.78 is 0. The van der Waals surface area contributed by atoms with E-state index in [4.69, 9.17) is 17.3 Å². The Morgan fingerprint density at radius 2 is 1.88 bits per heavy atom. The normalized spacial score (nSPS) is 14.9. The molecule has 2 unspecified atom stereocenters. The summed E-state index contributed by atoms with van der Waals surface area (Å²) in [7, 11) is 4.17. The standard InChI is InChI=1S/C13H21ClN2S/c1-10(15)13(17-9-8-16(2)3)11-4-6-12(14)7-5-11/h4-7,10,13H,8-9,15H2,1-3H3. The van der Waals surface area contributed by atoms with Crippen LogP contribution in [-0.2, 0) is 0 Å². The molecule has 0 saturated heterocycles. The third kappa shape index (κ3) is 5.30. The molecule has 0 aliphatic heterocycles. The first-order chi connectivity index (χ1) is 8.00. The maximum absolute atomic E-state index is 6.06. The highest BCUT2D eigenvalue weighted by Crippen LogP contribution is 2.31. The molecule has 0 heterocycles. The van der Waals surface area contributed by atoms with Crippen molar-refractivity contribution in [3.63, 3.8) is 0 Å². The predicted molar refractivity (Wildman–Crippen MR) is 78.9 cm³/mol. The molecule has 0 aromatic heterocycles. The second-order valence-corrected chi connectivity index (χ2v) is 6.19. The molecule has 1 aromatic rings. The molecule has 0 aliphatic rings. The lowest BCUT2D eigenvalue weighted by Crippen LogP contribution is -2.24. The number of thioether (sulfide) groups is 1. The van der Waals surface area contributed by atoms with Crippen LogP contribution < -0.4 is 5.73 Å². The van der Waals surface area contributed by atoms with Crippen molar-refractivity contribution in [2.45, 2.75) is 18.2 Å². The number of benzene rings is 1. The summed E-state index contributed by atoms with van der Waals surface area (Å²) in [4.78, 5) is 2.19. The van der Waals surface area contributed by atoms with Gasteiger partial charge in [-0.05, 0) is 38.7 Å². The molecule has 17 heavy (non-hydrogen) atoms. The summed E-state index contributed by atoms with van der Waals surface area (Å²) in [5, 5.41) is 1.11. The SMILES string of the molecule is CC(N)C(SCCN(C)C)c1ccc(Cl)cc1. The molecule has 96 valence electrons. The lowest BCUT2D eigenvalue weighted by atomic mass is 10.1. The lowest BCUT2D eigenvalue weighted by Gasteiger charge is -2.21. The number of hydrogen-bond acceptors (Lipinski definition) is 3. The molecule has 0 aliphatic carbocycles. The van der Waals surface area contributed by atoms with E-state index < -0.39 is 0 Å².